The molecule has 122 valence electrons. The van der Waals surface area contributed by atoms with Gasteiger partial charge in [0.2, 0.25) is 0 Å². The highest BCUT2D eigenvalue weighted by Gasteiger charge is 2.32. The van der Waals surface area contributed by atoms with Crippen LogP contribution in [0.5, 0.6) is 11.5 Å². The standard InChI is InChI=1S/C17H17F3N2O/c18-17(19,20)16-6-5-15(11-22-16)23-14-3-1-12(2-4-14)13-7-9-21-10-8-13/h1-6,11,13,21H,7-10H2. The average Bonchev–Trinajstić information content (AvgIpc) is 2.56. The zero-order valence-corrected chi connectivity index (χ0v) is 12.4. The molecule has 0 amide bonds. The predicted molar refractivity (Wildman–Crippen MR) is 80.6 cm³/mol. The minimum Gasteiger partial charge on any atom is -0.456 e. The van der Waals surface area contributed by atoms with E-state index in [-0.39, 0.29) is 5.75 Å². The van der Waals surface area contributed by atoms with Crippen LogP contribution in [0, 0.1) is 0 Å². The number of pyridine rings is 1. The van der Waals surface area contributed by atoms with Gasteiger partial charge in [-0.25, -0.2) is 4.98 Å². The summed E-state index contributed by atoms with van der Waals surface area (Å²) < 4.78 is 42.9. The van der Waals surface area contributed by atoms with Crippen molar-refractivity contribution in [1.29, 1.82) is 0 Å². The zero-order valence-electron chi connectivity index (χ0n) is 12.4. The van der Waals surface area contributed by atoms with Crippen LogP contribution in [0.25, 0.3) is 0 Å². The van der Waals surface area contributed by atoms with E-state index in [2.05, 4.69) is 10.3 Å². The van der Waals surface area contributed by atoms with Crippen LogP contribution in [0.1, 0.15) is 30.0 Å². The van der Waals surface area contributed by atoms with E-state index in [1.807, 2.05) is 24.3 Å². The second-order valence-corrected chi connectivity index (χ2v) is 5.57. The molecular formula is C17H17F3N2O. The molecule has 1 fully saturated rings. The number of ether oxygens (including phenoxy) is 1. The van der Waals surface area contributed by atoms with E-state index in [9.17, 15) is 13.2 Å². The van der Waals surface area contributed by atoms with Crippen LogP contribution >= 0.6 is 0 Å². The van der Waals surface area contributed by atoms with Crippen LogP contribution in [-0.4, -0.2) is 18.1 Å². The lowest BCUT2D eigenvalue weighted by Gasteiger charge is -2.23. The van der Waals surface area contributed by atoms with Gasteiger partial charge in [0.1, 0.15) is 17.2 Å². The molecule has 1 aliphatic rings. The van der Waals surface area contributed by atoms with Gasteiger partial charge in [-0.05, 0) is 61.7 Å². The second kappa shape index (κ2) is 6.58. The van der Waals surface area contributed by atoms with Crippen molar-refractivity contribution in [2.45, 2.75) is 24.9 Å². The molecule has 1 aromatic carbocycles. The van der Waals surface area contributed by atoms with Gasteiger partial charge in [-0.15, -0.1) is 0 Å². The Labute approximate surface area is 132 Å². The lowest BCUT2D eigenvalue weighted by molar-refractivity contribution is -0.141. The van der Waals surface area contributed by atoms with Crippen LogP contribution in [-0.2, 0) is 6.18 Å². The van der Waals surface area contributed by atoms with Crippen molar-refractivity contribution in [1.82, 2.24) is 10.3 Å². The van der Waals surface area contributed by atoms with Crippen molar-refractivity contribution in [3.8, 4) is 11.5 Å². The van der Waals surface area contributed by atoms with Gasteiger partial charge in [0.15, 0.2) is 0 Å². The van der Waals surface area contributed by atoms with Crippen molar-refractivity contribution >= 4 is 0 Å². The molecule has 3 rings (SSSR count). The summed E-state index contributed by atoms with van der Waals surface area (Å²) in [6.45, 7) is 2.06. The normalized spacial score (nSPS) is 16.3. The second-order valence-electron chi connectivity index (χ2n) is 5.57. The number of alkyl halides is 3. The van der Waals surface area contributed by atoms with E-state index in [4.69, 9.17) is 4.74 Å². The molecule has 2 aromatic rings. The third-order valence-corrected chi connectivity index (χ3v) is 3.95. The third-order valence-electron chi connectivity index (χ3n) is 3.95. The van der Waals surface area contributed by atoms with E-state index >= 15 is 0 Å². The summed E-state index contributed by atoms with van der Waals surface area (Å²) in [6, 6.07) is 9.91. The van der Waals surface area contributed by atoms with E-state index in [1.165, 1.54) is 11.6 Å². The summed E-state index contributed by atoms with van der Waals surface area (Å²) in [4.78, 5) is 3.38. The van der Waals surface area contributed by atoms with Crippen molar-refractivity contribution in [3.63, 3.8) is 0 Å². The zero-order chi connectivity index (χ0) is 16.3. The summed E-state index contributed by atoms with van der Waals surface area (Å²) in [7, 11) is 0. The van der Waals surface area contributed by atoms with Gasteiger partial charge in [0, 0.05) is 0 Å². The number of hydrogen-bond donors (Lipinski definition) is 1. The Bertz CT molecular complexity index is 632. The van der Waals surface area contributed by atoms with E-state index in [1.54, 1.807) is 0 Å². The topological polar surface area (TPSA) is 34.1 Å². The fourth-order valence-corrected chi connectivity index (χ4v) is 2.71. The van der Waals surface area contributed by atoms with Crippen LogP contribution in [0.3, 0.4) is 0 Å². The Hall–Kier alpha value is -2.08. The van der Waals surface area contributed by atoms with Gasteiger partial charge in [-0.2, -0.15) is 13.2 Å². The molecule has 0 unspecified atom stereocenters. The number of nitrogens with zero attached hydrogens (tertiary/aromatic N) is 1. The first-order valence-corrected chi connectivity index (χ1v) is 7.54. The summed E-state index contributed by atoms with van der Waals surface area (Å²) in [5, 5.41) is 3.33. The molecular weight excluding hydrogens is 305 g/mol. The van der Waals surface area contributed by atoms with Crippen LogP contribution in [0.2, 0.25) is 0 Å². The predicted octanol–water partition coefficient (Wildman–Crippen LogP) is 4.36. The molecule has 0 saturated carbocycles. The SMILES string of the molecule is FC(F)(F)c1ccc(Oc2ccc(C3CCNCC3)cc2)cn1. The molecule has 0 aliphatic carbocycles. The highest BCUT2D eigenvalue weighted by atomic mass is 19.4. The van der Waals surface area contributed by atoms with Gasteiger partial charge in [0.05, 0.1) is 6.20 Å². The Morgan fingerprint density at radius 2 is 1.61 bits per heavy atom. The molecule has 0 bridgehead atoms. The first-order valence-electron chi connectivity index (χ1n) is 7.54. The summed E-state index contributed by atoms with van der Waals surface area (Å²) in [5.74, 6) is 1.43. The lowest BCUT2D eigenvalue weighted by atomic mass is 9.90. The molecule has 3 nitrogen and oxygen atoms in total. The smallest absolute Gasteiger partial charge is 0.433 e. The Morgan fingerprint density at radius 3 is 2.17 bits per heavy atom. The largest absolute Gasteiger partial charge is 0.456 e. The molecule has 2 heterocycles. The number of nitrogens with one attached hydrogen (secondary N) is 1. The Morgan fingerprint density at radius 1 is 0.957 bits per heavy atom. The average molecular weight is 322 g/mol. The molecule has 0 atom stereocenters. The fraction of sp³-hybridized carbons (Fsp3) is 0.353. The number of piperidine rings is 1. The van der Waals surface area contributed by atoms with Crippen LogP contribution in [0.15, 0.2) is 42.6 Å². The van der Waals surface area contributed by atoms with Gasteiger partial charge >= 0.3 is 6.18 Å². The number of rotatable bonds is 3. The number of aromatic nitrogens is 1. The number of benzene rings is 1. The molecule has 1 saturated heterocycles. The Balaban J connectivity index is 1.66. The summed E-state index contributed by atoms with van der Waals surface area (Å²) in [6.07, 6.45) is -1.12. The van der Waals surface area contributed by atoms with Gasteiger partial charge in [-0.3, -0.25) is 0 Å². The highest BCUT2D eigenvalue weighted by Crippen LogP contribution is 2.30. The maximum Gasteiger partial charge on any atom is 0.433 e. The molecule has 1 aromatic heterocycles. The van der Waals surface area contributed by atoms with Crippen molar-refractivity contribution < 1.29 is 17.9 Å². The lowest BCUT2D eigenvalue weighted by Crippen LogP contribution is -2.26. The quantitative estimate of drug-likeness (QED) is 0.912. The van der Waals surface area contributed by atoms with Gasteiger partial charge in [0.25, 0.3) is 0 Å². The maximum atomic E-state index is 12.5. The van der Waals surface area contributed by atoms with Gasteiger partial charge < -0.3 is 10.1 Å². The first kappa shape index (κ1) is 15.8. The molecule has 0 spiro atoms. The van der Waals surface area contributed by atoms with Crippen molar-refractivity contribution in [3.05, 3.63) is 53.9 Å². The van der Waals surface area contributed by atoms with Crippen molar-refractivity contribution in [2.75, 3.05) is 13.1 Å². The monoisotopic (exact) mass is 322 g/mol. The van der Waals surface area contributed by atoms with E-state index < -0.39 is 11.9 Å². The third kappa shape index (κ3) is 4.01. The minimum atomic E-state index is -4.44. The minimum absolute atomic E-state index is 0.285. The van der Waals surface area contributed by atoms with E-state index in [0.29, 0.717) is 11.7 Å². The van der Waals surface area contributed by atoms with Crippen LogP contribution in [0.4, 0.5) is 13.2 Å². The highest BCUT2D eigenvalue weighted by molar-refractivity contribution is 5.34. The molecule has 6 heteroatoms. The molecule has 1 aliphatic heterocycles. The first-order chi connectivity index (χ1) is 11.0. The molecule has 1 N–H and O–H groups in total. The summed E-state index contributed by atoms with van der Waals surface area (Å²) in [5.41, 5.74) is 0.343. The van der Waals surface area contributed by atoms with Crippen LogP contribution < -0.4 is 10.1 Å². The number of halogens is 3. The molecule has 0 radical (unpaired) electrons. The fourth-order valence-electron chi connectivity index (χ4n) is 2.71. The van der Waals surface area contributed by atoms with Gasteiger partial charge in [-0.1, -0.05) is 12.1 Å². The van der Waals surface area contributed by atoms with E-state index in [0.717, 1.165) is 38.2 Å². The molecule has 23 heavy (non-hydrogen) atoms. The number of hydrogen-bond acceptors (Lipinski definition) is 3. The summed E-state index contributed by atoms with van der Waals surface area (Å²) >= 11 is 0. The van der Waals surface area contributed by atoms with Crippen molar-refractivity contribution in [2.24, 2.45) is 0 Å². The Kier molecular flexibility index (Phi) is 4.52. The maximum absolute atomic E-state index is 12.5.